The lowest BCUT2D eigenvalue weighted by atomic mass is 10.1. The van der Waals surface area contributed by atoms with Gasteiger partial charge in [-0.25, -0.2) is 33.8 Å². The summed E-state index contributed by atoms with van der Waals surface area (Å²) in [6.45, 7) is 0.769. The van der Waals surface area contributed by atoms with Crippen LogP contribution in [0.4, 0.5) is 20.5 Å². The first-order chi connectivity index (χ1) is 21.3. The van der Waals surface area contributed by atoms with Gasteiger partial charge < -0.3 is 25.5 Å². The minimum atomic E-state index is -4.48. The molecule has 4 aromatic heterocycles. The summed E-state index contributed by atoms with van der Waals surface area (Å²) in [6, 6.07) is 0. The van der Waals surface area contributed by atoms with Gasteiger partial charge in [-0.15, -0.1) is 0 Å². The third-order valence-corrected chi connectivity index (χ3v) is 10.4. The van der Waals surface area contributed by atoms with Gasteiger partial charge in [0.2, 0.25) is 5.95 Å². The molecule has 45 heavy (non-hydrogen) atoms. The molecule has 3 saturated heterocycles. The molecular formula is C22H26F2N11O8PS. The van der Waals surface area contributed by atoms with Crippen molar-refractivity contribution < 1.29 is 39.9 Å². The Morgan fingerprint density at radius 2 is 1.64 bits per heavy atom. The Morgan fingerprint density at radius 3 is 2.40 bits per heavy atom. The summed E-state index contributed by atoms with van der Waals surface area (Å²) in [5.74, 6) is -0.956. The van der Waals surface area contributed by atoms with Crippen molar-refractivity contribution in [2.24, 2.45) is 0 Å². The lowest BCUT2D eigenvalue weighted by Gasteiger charge is -2.27. The number of nitrogen functional groups attached to an aromatic ring is 2. The summed E-state index contributed by atoms with van der Waals surface area (Å²) in [7, 11) is -8.37. The van der Waals surface area contributed by atoms with Gasteiger partial charge in [0.25, 0.3) is 23.2 Å². The molecule has 23 heteroatoms. The summed E-state index contributed by atoms with van der Waals surface area (Å²) in [5.41, 5.74) is 10.9. The van der Waals surface area contributed by atoms with Crippen molar-refractivity contribution in [3.8, 4) is 0 Å². The topological polar surface area (TPSA) is 259 Å². The summed E-state index contributed by atoms with van der Waals surface area (Å²) in [5, 5.41) is 2.62. The number of ether oxygens (including phenoxy) is 2. The van der Waals surface area contributed by atoms with Crippen LogP contribution in [-0.4, -0.2) is 103 Å². The summed E-state index contributed by atoms with van der Waals surface area (Å²) >= 11 is 0. The molecule has 0 aliphatic carbocycles. The first-order valence-corrected chi connectivity index (χ1v) is 17.1. The summed E-state index contributed by atoms with van der Waals surface area (Å²) in [4.78, 5) is 34.5. The molecule has 3 aliphatic heterocycles. The molecule has 242 valence electrons. The number of rotatable bonds is 2. The van der Waals surface area contributed by atoms with E-state index in [9.17, 15) is 17.8 Å². The molecule has 7 heterocycles. The van der Waals surface area contributed by atoms with E-state index in [-0.39, 0.29) is 34.1 Å². The number of halogens is 2. The third-order valence-electron chi connectivity index (χ3n) is 7.73. The average Bonchev–Trinajstić information content (AvgIpc) is 3.72. The number of fused-ring (bicyclic) bond motifs is 4. The van der Waals surface area contributed by atoms with E-state index in [2.05, 4.69) is 35.0 Å². The molecule has 0 aromatic carbocycles. The fourth-order valence-electron chi connectivity index (χ4n) is 5.66. The number of alkyl halides is 2. The van der Waals surface area contributed by atoms with Gasteiger partial charge in [-0.2, -0.15) is 13.4 Å². The van der Waals surface area contributed by atoms with Crippen molar-refractivity contribution in [2.75, 3.05) is 30.4 Å². The number of hydrogen-bond donors (Lipinski definition) is 4. The summed E-state index contributed by atoms with van der Waals surface area (Å²) in [6.07, 6.45) is -9.77. The van der Waals surface area contributed by atoms with Gasteiger partial charge in [-0.1, -0.05) is 0 Å². The number of nitrogens with one attached hydrogen (secondary N) is 2. The van der Waals surface area contributed by atoms with Crippen LogP contribution in [0.1, 0.15) is 18.9 Å². The minimum Gasteiger partial charge on any atom is -0.382 e. The molecule has 6 N–H and O–H groups in total. The predicted molar refractivity (Wildman–Crippen MR) is 150 cm³/mol. The molecule has 0 bridgehead atoms. The van der Waals surface area contributed by atoms with E-state index < -0.39 is 91.1 Å². The number of nitrogens with two attached hydrogens (primary N) is 2. The van der Waals surface area contributed by atoms with Gasteiger partial charge in [-0.3, -0.25) is 27.7 Å². The Bertz CT molecular complexity index is 2010. The number of H-pyrrole nitrogens is 1. The molecule has 4 aromatic rings. The smallest absolute Gasteiger partial charge is 0.280 e. The highest BCUT2D eigenvalue weighted by Gasteiger charge is 2.53. The van der Waals surface area contributed by atoms with Crippen molar-refractivity contribution >= 4 is 51.7 Å². The first kappa shape index (κ1) is 30.0. The lowest BCUT2D eigenvalue weighted by molar-refractivity contribution is -0.0238. The third kappa shape index (κ3) is 5.24. The van der Waals surface area contributed by atoms with E-state index in [0.717, 1.165) is 17.2 Å². The molecule has 0 amide bonds. The van der Waals surface area contributed by atoms with Crippen molar-refractivity contribution in [1.82, 2.24) is 44.1 Å². The van der Waals surface area contributed by atoms with Crippen molar-refractivity contribution in [3.05, 3.63) is 29.3 Å². The normalized spacial score (nSPS) is 35.5. The monoisotopic (exact) mass is 673 g/mol. The van der Waals surface area contributed by atoms with Crippen LogP contribution in [0.2, 0.25) is 0 Å². The average molecular weight is 674 g/mol. The summed E-state index contributed by atoms with van der Waals surface area (Å²) < 4.78 is 96.9. The van der Waals surface area contributed by atoms with Gasteiger partial charge in [-0.05, 0) is 6.42 Å². The number of imidazole rings is 2. The van der Waals surface area contributed by atoms with Crippen LogP contribution in [-0.2, 0) is 32.9 Å². The van der Waals surface area contributed by atoms with Crippen LogP contribution >= 0.6 is 7.52 Å². The Morgan fingerprint density at radius 1 is 0.978 bits per heavy atom. The van der Waals surface area contributed by atoms with E-state index in [1.54, 1.807) is 0 Å². The molecule has 0 spiro atoms. The molecule has 19 nitrogen and oxygen atoms in total. The number of nitrogens with zero attached hydrogens (tertiary/aromatic N) is 7. The quantitative estimate of drug-likeness (QED) is 0.155. The fourth-order valence-corrected chi connectivity index (χ4v) is 8.15. The van der Waals surface area contributed by atoms with E-state index in [4.69, 9.17) is 29.6 Å². The molecule has 3 aliphatic rings. The van der Waals surface area contributed by atoms with Gasteiger partial charge in [0, 0.05) is 13.2 Å². The molecule has 0 radical (unpaired) electrons. The van der Waals surface area contributed by atoms with E-state index in [1.165, 1.54) is 17.6 Å². The van der Waals surface area contributed by atoms with Crippen LogP contribution < -0.4 is 22.1 Å². The molecule has 1 unspecified atom stereocenters. The molecule has 0 saturated carbocycles. The Hall–Kier alpha value is -3.66. The Kier molecular flexibility index (Phi) is 7.15. The molecule has 3 fully saturated rings. The second kappa shape index (κ2) is 10.7. The molecule has 7 rings (SSSR count). The number of anilines is 2. The van der Waals surface area contributed by atoms with Gasteiger partial charge in [0.15, 0.2) is 47.4 Å². The predicted octanol–water partition coefficient (Wildman–Crippen LogP) is -0.489. The van der Waals surface area contributed by atoms with Crippen molar-refractivity contribution in [1.29, 1.82) is 0 Å². The second-order valence-electron chi connectivity index (χ2n) is 10.8. The van der Waals surface area contributed by atoms with Gasteiger partial charge >= 0.3 is 0 Å². The lowest BCUT2D eigenvalue weighted by Crippen LogP contribution is -2.42. The van der Waals surface area contributed by atoms with E-state index in [1.807, 2.05) is 0 Å². The van der Waals surface area contributed by atoms with Gasteiger partial charge in [0.1, 0.15) is 30.2 Å². The van der Waals surface area contributed by atoms with E-state index in [0.29, 0.717) is 0 Å². The van der Waals surface area contributed by atoms with Crippen molar-refractivity contribution in [2.45, 2.75) is 55.6 Å². The highest BCUT2D eigenvalue weighted by molar-refractivity contribution is 7.86. The Labute approximate surface area is 251 Å². The zero-order valence-corrected chi connectivity index (χ0v) is 24.8. The second-order valence-corrected chi connectivity index (χ2v) is 14.7. The zero-order chi connectivity index (χ0) is 31.8. The van der Waals surface area contributed by atoms with Crippen molar-refractivity contribution in [3.63, 3.8) is 0 Å². The highest BCUT2D eigenvalue weighted by atomic mass is 32.2. The van der Waals surface area contributed by atoms with E-state index >= 15 is 8.78 Å². The zero-order valence-electron chi connectivity index (χ0n) is 23.1. The van der Waals surface area contributed by atoms with Crippen LogP contribution in [0.3, 0.4) is 0 Å². The number of aromatic nitrogens is 8. The maximum Gasteiger partial charge on any atom is 0.280 e. The largest absolute Gasteiger partial charge is 0.382 e. The molecule has 9 atom stereocenters. The SMILES string of the molecule is CP1(=O)NC[C@H]2O[C@@H](n3cnc4c(N)ncnc43)[C@H](F)[C@@H]2OS(=O)(=O)CC[C@H]2O[C@@H](n3cnc4c(=O)[nH]c(N)nc43)[C@H](F)[C@@H]2O1. The highest BCUT2D eigenvalue weighted by Crippen LogP contribution is 2.47. The van der Waals surface area contributed by atoms with Crippen LogP contribution in [0.5, 0.6) is 0 Å². The van der Waals surface area contributed by atoms with Crippen LogP contribution in [0, 0.1) is 0 Å². The minimum absolute atomic E-state index is 0.0414. The van der Waals surface area contributed by atoms with Crippen LogP contribution in [0.15, 0.2) is 23.8 Å². The maximum atomic E-state index is 16.0. The number of aromatic amines is 1. The van der Waals surface area contributed by atoms with Gasteiger partial charge in [0.05, 0.1) is 24.5 Å². The maximum absolute atomic E-state index is 16.0. The molecular weight excluding hydrogens is 647 g/mol. The number of hydrogen-bond acceptors (Lipinski definition) is 15. The first-order valence-electron chi connectivity index (χ1n) is 13.5. The van der Waals surface area contributed by atoms with Crippen LogP contribution in [0.25, 0.3) is 22.3 Å². The fraction of sp³-hybridized carbons (Fsp3) is 0.545. The standard InChI is InChI=1S/C22H26F2N11O8PS/c1-44(37)31-4-9-15(11(24)21(41-9)34-6-29-12-16(25)27-5-28-17(12)34)43-45(38,39)3-2-8-14(42-44)10(23)20(40-8)35-7-30-13-18(35)32-22(26)33-19(13)36/h5-11,14-15,20-21H,2-4H2,1H3,(H,31,37)(H2,25,27,28)(H3,26,32,33,36)/t8-,9-,10-,11-,14-,15-,20-,21-,44?/m1/s1. The Balaban J connectivity index is 1.17.